The fourth-order valence-corrected chi connectivity index (χ4v) is 1.15. The zero-order valence-corrected chi connectivity index (χ0v) is 6.58. The van der Waals surface area contributed by atoms with Gasteiger partial charge in [0.15, 0.2) is 0 Å². The van der Waals surface area contributed by atoms with E-state index in [0.717, 1.165) is 12.0 Å². The highest BCUT2D eigenvalue weighted by Gasteiger charge is 2.33. The molecule has 0 aliphatic heterocycles. The minimum Gasteiger partial charge on any atom is -0.478 e. The monoisotopic (exact) mass is 155 g/mol. The van der Waals surface area contributed by atoms with Gasteiger partial charge in [0.05, 0.1) is 0 Å². The number of nitrogens with one attached hydrogen (secondary N) is 1. The van der Waals surface area contributed by atoms with E-state index in [1.54, 1.807) is 0 Å². The van der Waals surface area contributed by atoms with Gasteiger partial charge >= 0.3 is 5.97 Å². The van der Waals surface area contributed by atoms with Crippen LogP contribution < -0.4 is 5.32 Å². The lowest BCUT2D eigenvalue weighted by Gasteiger charge is -1.94. The predicted molar refractivity (Wildman–Crippen MR) is 42.1 cm³/mol. The topological polar surface area (TPSA) is 49.3 Å². The largest absolute Gasteiger partial charge is 0.478 e. The number of carbonyl (C=O) groups is 1. The molecule has 2 N–H and O–H groups in total. The van der Waals surface area contributed by atoms with Gasteiger partial charge in [-0.3, -0.25) is 0 Å². The molecule has 1 aliphatic carbocycles. The van der Waals surface area contributed by atoms with E-state index in [1.807, 2.05) is 0 Å². The van der Waals surface area contributed by atoms with Crippen molar-refractivity contribution < 1.29 is 9.90 Å². The molecule has 1 rings (SSSR count). The maximum absolute atomic E-state index is 10.0. The normalized spacial score (nSPS) is 28.8. The Bertz CT molecular complexity index is 177. The van der Waals surface area contributed by atoms with Crippen LogP contribution in [0.2, 0.25) is 0 Å². The molecule has 3 nitrogen and oxygen atoms in total. The minimum atomic E-state index is -0.897. The third-order valence-corrected chi connectivity index (χ3v) is 1.98. The number of hydrogen-bond acceptors (Lipinski definition) is 2. The molecule has 3 heteroatoms. The molecule has 2 atom stereocenters. The second kappa shape index (κ2) is 3.42. The Labute approximate surface area is 66.1 Å². The van der Waals surface area contributed by atoms with Crippen LogP contribution in [0.1, 0.15) is 19.8 Å². The average molecular weight is 155 g/mol. The van der Waals surface area contributed by atoms with E-state index in [4.69, 9.17) is 5.11 Å². The minimum absolute atomic E-state index is 0.524. The van der Waals surface area contributed by atoms with Crippen molar-refractivity contribution in [1.82, 2.24) is 5.32 Å². The molecule has 0 amide bonds. The van der Waals surface area contributed by atoms with Gasteiger partial charge in [-0.15, -0.1) is 0 Å². The SMILES string of the molecule is CCC1CC1N/C=C/C(=O)O. The Morgan fingerprint density at radius 2 is 2.55 bits per heavy atom. The molecule has 0 spiro atoms. The van der Waals surface area contributed by atoms with Crippen molar-refractivity contribution in [1.29, 1.82) is 0 Å². The Morgan fingerprint density at radius 1 is 1.82 bits per heavy atom. The number of carboxylic acid groups (broad SMARTS) is 1. The maximum Gasteiger partial charge on any atom is 0.329 e. The van der Waals surface area contributed by atoms with Gasteiger partial charge < -0.3 is 10.4 Å². The fraction of sp³-hybridized carbons (Fsp3) is 0.625. The zero-order chi connectivity index (χ0) is 8.27. The quantitative estimate of drug-likeness (QED) is 0.595. The van der Waals surface area contributed by atoms with Crippen LogP contribution in [-0.2, 0) is 4.79 Å². The molecule has 1 aliphatic rings. The van der Waals surface area contributed by atoms with Crippen molar-refractivity contribution in [3.8, 4) is 0 Å². The van der Waals surface area contributed by atoms with Gasteiger partial charge in [0, 0.05) is 18.3 Å². The summed E-state index contributed by atoms with van der Waals surface area (Å²) in [5.41, 5.74) is 0. The summed E-state index contributed by atoms with van der Waals surface area (Å²) in [7, 11) is 0. The van der Waals surface area contributed by atoms with Gasteiger partial charge in [-0.2, -0.15) is 0 Å². The molecule has 11 heavy (non-hydrogen) atoms. The fourth-order valence-electron chi connectivity index (χ4n) is 1.15. The van der Waals surface area contributed by atoms with Gasteiger partial charge in [0.2, 0.25) is 0 Å². The van der Waals surface area contributed by atoms with Crippen molar-refractivity contribution in [2.45, 2.75) is 25.8 Å². The van der Waals surface area contributed by atoms with E-state index in [9.17, 15) is 4.79 Å². The van der Waals surface area contributed by atoms with Gasteiger partial charge in [0.25, 0.3) is 0 Å². The molecule has 0 saturated heterocycles. The Morgan fingerprint density at radius 3 is 3.00 bits per heavy atom. The standard InChI is InChI=1S/C8H13NO2/c1-2-6-5-7(6)9-4-3-8(10)11/h3-4,6-7,9H,2,5H2,1H3,(H,10,11)/b4-3+. The molecule has 0 aromatic carbocycles. The first-order valence-corrected chi connectivity index (χ1v) is 3.89. The third kappa shape index (κ3) is 2.62. The van der Waals surface area contributed by atoms with Gasteiger partial charge in [-0.1, -0.05) is 13.3 Å². The molecule has 0 heterocycles. The zero-order valence-electron chi connectivity index (χ0n) is 6.58. The smallest absolute Gasteiger partial charge is 0.329 e. The van der Waals surface area contributed by atoms with E-state index in [-0.39, 0.29) is 0 Å². The summed E-state index contributed by atoms with van der Waals surface area (Å²) < 4.78 is 0. The summed E-state index contributed by atoms with van der Waals surface area (Å²) in [5.74, 6) is -0.139. The molecule has 0 aromatic rings. The predicted octanol–water partition coefficient (Wildman–Crippen LogP) is 0.973. The first kappa shape index (κ1) is 8.11. The van der Waals surface area contributed by atoms with Crippen LogP contribution in [0.5, 0.6) is 0 Å². The van der Waals surface area contributed by atoms with Crippen LogP contribution >= 0.6 is 0 Å². The number of carboxylic acids is 1. The summed E-state index contributed by atoms with van der Waals surface area (Å²) in [6.45, 7) is 2.15. The van der Waals surface area contributed by atoms with E-state index < -0.39 is 5.97 Å². The third-order valence-electron chi connectivity index (χ3n) is 1.98. The highest BCUT2D eigenvalue weighted by atomic mass is 16.4. The van der Waals surface area contributed by atoms with Crippen LogP contribution in [0.4, 0.5) is 0 Å². The highest BCUT2D eigenvalue weighted by Crippen LogP contribution is 2.32. The molecule has 0 radical (unpaired) electrons. The Balaban J connectivity index is 2.10. The van der Waals surface area contributed by atoms with Crippen molar-refractivity contribution in [2.75, 3.05) is 0 Å². The molecular formula is C8H13NO2. The van der Waals surface area contributed by atoms with Crippen LogP contribution in [0.25, 0.3) is 0 Å². The van der Waals surface area contributed by atoms with E-state index in [2.05, 4.69) is 12.2 Å². The van der Waals surface area contributed by atoms with Crippen LogP contribution in [0, 0.1) is 5.92 Å². The summed E-state index contributed by atoms with van der Waals surface area (Å²) in [6.07, 6.45) is 5.01. The number of aliphatic carboxylic acids is 1. The molecule has 0 bridgehead atoms. The molecule has 2 unspecified atom stereocenters. The summed E-state index contributed by atoms with van der Waals surface area (Å²) in [6, 6.07) is 0.524. The van der Waals surface area contributed by atoms with E-state index in [0.29, 0.717) is 6.04 Å². The van der Waals surface area contributed by atoms with Crippen molar-refractivity contribution in [3.63, 3.8) is 0 Å². The lowest BCUT2D eigenvalue weighted by Crippen LogP contribution is -2.10. The average Bonchev–Trinajstić information content (AvgIpc) is 2.66. The molecule has 0 aromatic heterocycles. The first-order chi connectivity index (χ1) is 5.24. The van der Waals surface area contributed by atoms with Crippen LogP contribution in [-0.4, -0.2) is 17.1 Å². The Hall–Kier alpha value is -0.990. The maximum atomic E-state index is 10.0. The molecular weight excluding hydrogens is 142 g/mol. The molecule has 1 saturated carbocycles. The summed E-state index contributed by atoms with van der Waals surface area (Å²) >= 11 is 0. The van der Waals surface area contributed by atoms with Gasteiger partial charge in [-0.05, 0) is 12.3 Å². The highest BCUT2D eigenvalue weighted by molar-refractivity contribution is 5.79. The lowest BCUT2D eigenvalue weighted by molar-refractivity contribution is -0.131. The molecule has 62 valence electrons. The summed E-state index contributed by atoms with van der Waals surface area (Å²) in [4.78, 5) is 10.0. The van der Waals surface area contributed by atoms with E-state index in [1.165, 1.54) is 19.0 Å². The molecule has 1 fully saturated rings. The van der Waals surface area contributed by atoms with Crippen LogP contribution in [0.3, 0.4) is 0 Å². The van der Waals surface area contributed by atoms with Crippen molar-refractivity contribution in [3.05, 3.63) is 12.3 Å². The van der Waals surface area contributed by atoms with Crippen molar-refractivity contribution in [2.24, 2.45) is 5.92 Å². The second-order valence-corrected chi connectivity index (χ2v) is 2.85. The number of rotatable bonds is 4. The van der Waals surface area contributed by atoms with E-state index >= 15 is 0 Å². The van der Waals surface area contributed by atoms with Gasteiger partial charge in [0.1, 0.15) is 0 Å². The van der Waals surface area contributed by atoms with Crippen LogP contribution in [0.15, 0.2) is 12.3 Å². The Kier molecular flexibility index (Phi) is 2.52. The first-order valence-electron chi connectivity index (χ1n) is 3.89. The number of hydrogen-bond donors (Lipinski definition) is 2. The van der Waals surface area contributed by atoms with Crippen molar-refractivity contribution >= 4 is 5.97 Å². The van der Waals surface area contributed by atoms with Gasteiger partial charge in [-0.25, -0.2) is 4.79 Å². The second-order valence-electron chi connectivity index (χ2n) is 2.85. The lowest BCUT2D eigenvalue weighted by atomic mass is 10.3. The summed E-state index contributed by atoms with van der Waals surface area (Å²) in [5, 5.41) is 11.3.